The SMILES string of the molecule is CCCCOCCCNc1cc(NN)nc(N)n1. The number of hydrogen-bond acceptors (Lipinski definition) is 7. The van der Waals surface area contributed by atoms with E-state index in [4.69, 9.17) is 16.3 Å². The normalized spacial score (nSPS) is 10.3. The molecule has 0 aromatic carbocycles. The van der Waals surface area contributed by atoms with Crippen LogP contribution in [0.5, 0.6) is 0 Å². The summed E-state index contributed by atoms with van der Waals surface area (Å²) in [5, 5.41) is 3.14. The molecule has 1 aromatic rings. The molecule has 1 heterocycles. The van der Waals surface area contributed by atoms with Crippen LogP contribution in [-0.2, 0) is 4.74 Å². The predicted octanol–water partition coefficient (Wildman–Crippen LogP) is 0.963. The monoisotopic (exact) mass is 254 g/mol. The lowest BCUT2D eigenvalue weighted by Crippen LogP contribution is -2.13. The average molecular weight is 254 g/mol. The third kappa shape index (κ3) is 5.65. The third-order valence-corrected chi connectivity index (χ3v) is 2.31. The van der Waals surface area contributed by atoms with Crippen LogP contribution in [-0.4, -0.2) is 29.7 Å². The van der Waals surface area contributed by atoms with Crippen molar-refractivity contribution in [3.05, 3.63) is 6.07 Å². The molecule has 1 aromatic heterocycles. The van der Waals surface area contributed by atoms with E-state index in [9.17, 15) is 0 Å². The maximum absolute atomic E-state index is 5.54. The molecule has 0 saturated carbocycles. The number of rotatable bonds is 9. The predicted molar refractivity (Wildman–Crippen MR) is 73.1 cm³/mol. The first-order valence-corrected chi connectivity index (χ1v) is 6.19. The lowest BCUT2D eigenvalue weighted by atomic mass is 10.3. The van der Waals surface area contributed by atoms with E-state index in [1.807, 2.05) is 0 Å². The lowest BCUT2D eigenvalue weighted by molar-refractivity contribution is 0.131. The summed E-state index contributed by atoms with van der Waals surface area (Å²) in [5.41, 5.74) is 7.97. The summed E-state index contributed by atoms with van der Waals surface area (Å²) in [7, 11) is 0. The van der Waals surface area contributed by atoms with E-state index in [2.05, 4.69) is 27.6 Å². The van der Waals surface area contributed by atoms with Gasteiger partial charge in [0.15, 0.2) is 0 Å². The summed E-state index contributed by atoms with van der Waals surface area (Å²) in [5.74, 6) is 6.60. The molecule has 0 saturated heterocycles. The molecule has 1 rings (SSSR count). The van der Waals surface area contributed by atoms with Gasteiger partial charge in [-0.05, 0) is 12.8 Å². The largest absolute Gasteiger partial charge is 0.381 e. The molecular weight excluding hydrogens is 232 g/mol. The van der Waals surface area contributed by atoms with Gasteiger partial charge in [-0.3, -0.25) is 0 Å². The number of nitrogens with zero attached hydrogens (tertiary/aromatic N) is 2. The van der Waals surface area contributed by atoms with Gasteiger partial charge in [-0.15, -0.1) is 0 Å². The number of hydrogen-bond donors (Lipinski definition) is 4. The summed E-state index contributed by atoms with van der Waals surface area (Å²) in [6.07, 6.45) is 3.19. The zero-order valence-corrected chi connectivity index (χ0v) is 10.8. The first kappa shape index (κ1) is 14.5. The van der Waals surface area contributed by atoms with Crippen molar-refractivity contribution in [2.24, 2.45) is 5.84 Å². The Hall–Kier alpha value is -1.60. The molecular formula is C11H22N6O. The van der Waals surface area contributed by atoms with Crippen LogP contribution >= 0.6 is 0 Å². The number of ether oxygens (including phenoxy) is 1. The van der Waals surface area contributed by atoms with Gasteiger partial charge < -0.3 is 21.2 Å². The van der Waals surface area contributed by atoms with Gasteiger partial charge >= 0.3 is 0 Å². The van der Waals surface area contributed by atoms with Crippen molar-refractivity contribution in [1.29, 1.82) is 0 Å². The van der Waals surface area contributed by atoms with E-state index in [0.29, 0.717) is 11.6 Å². The molecule has 0 bridgehead atoms. The van der Waals surface area contributed by atoms with Gasteiger partial charge in [0.05, 0.1) is 0 Å². The maximum atomic E-state index is 5.54. The van der Waals surface area contributed by atoms with Gasteiger partial charge in [-0.2, -0.15) is 9.97 Å². The second-order valence-corrected chi connectivity index (χ2v) is 3.89. The Balaban J connectivity index is 2.20. The van der Waals surface area contributed by atoms with E-state index in [1.54, 1.807) is 6.07 Å². The molecule has 0 aliphatic carbocycles. The van der Waals surface area contributed by atoms with Gasteiger partial charge in [0.2, 0.25) is 5.95 Å². The zero-order chi connectivity index (χ0) is 13.2. The highest BCUT2D eigenvalue weighted by Gasteiger charge is 2.00. The fraction of sp³-hybridized carbons (Fsp3) is 0.636. The molecule has 0 amide bonds. The highest BCUT2D eigenvalue weighted by molar-refractivity contribution is 5.50. The summed E-state index contributed by atoms with van der Waals surface area (Å²) in [6.45, 7) is 4.49. The van der Waals surface area contributed by atoms with E-state index in [0.717, 1.165) is 39.0 Å². The molecule has 0 aliphatic heterocycles. The Labute approximate surface area is 107 Å². The molecule has 7 nitrogen and oxygen atoms in total. The van der Waals surface area contributed by atoms with Crippen LogP contribution in [0.25, 0.3) is 0 Å². The highest BCUT2D eigenvalue weighted by Crippen LogP contribution is 2.10. The van der Waals surface area contributed by atoms with Gasteiger partial charge in [0.1, 0.15) is 11.6 Å². The first-order valence-electron chi connectivity index (χ1n) is 6.19. The van der Waals surface area contributed by atoms with Crippen molar-refractivity contribution in [2.75, 3.05) is 36.2 Å². The van der Waals surface area contributed by atoms with Crippen LogP contribution in [0.15, 0.2) is 6.07 Å². The summed E-state index contributed by atoms with van der Waals surface area (Å²) in [4.78, 5) is 7.94. The second-order valence-electron chi connectivity index (χ2n) is 3.89. The summed E-state index contributed by atoms with van der Waals surface area (Å²) < 4.78 is 5.45. The quantitative estimate of drug-likeness (QED) is 0.295. The Morgan fingerprint density at radius 1 is 1.22 bits per heavy atom. The van der Waals surface area contributed by atoms with E-state index in [-0.39, 0.29) is 5.95 Å². The molecule has 6 N–H and O–H groups in total. The van der Waals surface area contributed by atoms with Crippen LogP contribution < -0.4 is 22.3 Å². The Morgan fingerprint density at radius 3 is 2.67 bits per heavy atom. The van der Waals surface area contributed by atoms with Gasteiger partial charge in [0, 0.05) is 25.8 Å². The van der Waals surface area contributed by atoms with Crippen molar-refractivity contribution >= 4 is 17.6 Å². The van der Waals surface area contributed by atoms with Crippen LogP contribution in [0, 0.1) is 0 Å². The molecule has 0 fully saturated rings. The number of nitrogens with two attached hydrogens (primary N) is 2. The lowest BCUT2D eigenvalue weighted by Gasteiger charge is -2.08. The third-order valence-electron chi connectivity index (χ3n) is 2.31. The van der Waals surface area contributed by atoms with Gasteiger partial charge in [-0.1, -0.05) is 13.3 Å². The summed E-state index contributed by atoms with van der Waals surface area (Å²) in [6, 6.07) is 1.70. The topological polar surface area (TPSA) is 111 Å². The van der Waals surface area contributed by atoms with Crippen molar-refractivity contribution in [1.82, 2.24) is 9.97 Å². The van der Waals surface area contributed by atoms with E-state index >= 15 is 0 Å². The molecule has 0 unspecified atom stereocenters. The van der Waals surface area contributed by atoms with Crippen molar-refractivity contribution in [3.8, 4) is 0 Å². The standard InChI is InChI=1S/C11H22N6O/c1-2-3-6-18-7-4-5-14-9-8-10(17-13)16-11(12)15-9/h8H,2-7,13H2,1H3,(H4,12,14,15,16,17). The van der Waals surface area contributed by atoms with Crippen molar-refractivity contribution in [2.45, 2.75) is 26.2 Å². The minimum Gasteiger partial charge on any atom is -0.381 e. The molecule has 0 aliphatic rings. The molecule has 18 heavy (non-hydrogen) atoms. The number of anilines is 3. The van der Waals surface area contributed by atoms with Crippen LogP contribution in [0.2, 0.25) is 0 Å². The number of nitrogens with one attached hydrogen (secondary N) is 2. The maximum Gasteiger partial charge on any atom is 0.223 e. The van der Waals surface area contributed by atoms with Crippen LogP contribution in [0.4, 0.5) is 17.6 Å². The molecule has 0 atom stereocenters. The Morgan fingerprint density at radius 2 is 1.94 bits per heavy atom. The zero-order valence-electron chi connectivity index (χ0n) is 10.8. The molecule has 0 spiro atoms. The first-order chi connectivity index (χ1) is 8.76. The molecule has 7 heteroatoms. The summed E-state index contributed by atoms with van der Waals surface area (Å²) >= 11 is 0. The minimum absolute atomic E-state index is 0.187. The number of hydrazine groups is 1. The second kappa shape index (κ2) is 8.48. The van der Waals surface area contributed by atoms with Crippen molar-refractivity contribution in [3.63, 3.8) is 0 Å². The fourth-order valence-electron chi connectivity index (χ4n) is 1.37. The van der Waals surface area contributed by atoms with Crippen LogP contribution in [0.3, 0.4) is 0 Å². The highest BCUT2D eigenvalue weighted by atomic mass is 16.5. The Bertz CT molecular complexity index is 346. The molecule has 0 radical (unpaired) electrons. The Kier molecular flexibility index (Phi) is 6.82. The average Bonchev–Trinajstić information content (AvgIpc) is 2.37. The number of nitrogen functional groups attached to an aromatic ring is 2. The minimum atomic E-state index is 0.187. The number of aromatic nitrogens is 2. The van der Waals surface area contributed by atoms with E-state index < -0.39 is 0 Å². The van der Waals surface area contributed by atoms with Crippen LogP contribution in [0.1, 0.15) is 26.2 Å². The number of unbranched alkanes of at least 4 members (excludes halogenated alkanes) is 1. The molecule has 102 valence electrons. The van der Waals surface area contributed by atoms with Gasteiger partial charge in [-0.25, -0.2) is 5.84 Å². The van der Waals surface area contributed by atoms with Gasteiger partial charge in [0.25, 0.3) is 0 Å². The fourth-order valence-corrected chi connectivity index (χ4v) is 1.37. The smallest absolute Gasteiger partial charge is 0.223 e. The van der Waals surface area contributed by atoms with E-state index in [1.165, 1.54) is 0 Å². The van der Waals surface area contributed by atoms with Crippen molar-refractivity contribution < 1.29 is 4.74 Å².